The minimum atomic E-state index is -3.78. The number of benzene rings is 2. The van der Waals surface area contributed by atoms with Crippen molar-refractivity contribution >= 4 is 31.7 Å². The topological polar surface area (TPSA) is 72.5 Å². The molecule has 0 aliphatic carbocycles. The van der Waals surface area contributed by atoms with Gasteiger partial charge in [0.25, 0.3) is 0 Å². The third kappa shape index (κ3) is 4.90. The second-order valence-corrected chi connectivity index (χ2v) is 8.40. The molecule has 7 heteroatoms. The van der Waals surface area contributed by atoms with Gasteiger partial charge in [-0.15, -0.1) is 0 Å². The Morgan fingerprint density at radius 1 is 1.08 bits per heavy atom. The Labute approximate surface area is 156 Å². The van der Waals surface area contributed by atoms with Gasteiger partial charge in [-0.05, 0) is 43.7 Å². The lowest BCUT2D eigenvalue weighted by atomic mass is 10.0. The summed E-state index contributed by atoms with van der Waals surface area (Å²) in [5, 5.41) is 0. The molecule has 2 atom stereocenters. The van der Waals surface area contributed by atoms with Crippen LogP contribution >= 0.6 is 15.9 Å². The number of methoxy groups -OCH3 is 1. The van der Waals surface area contributed by atoms with Crippen LogP contribution in [0.15, 0.2) is 53.4 Å². The average Bonchev–Trinajstić information content (AvgIpc) is 2.59. The molecular formula is C18H20BrNO4S. The zero-order valence-corrected chi connectivity index (χ0v) is 16.6. The number of halogens is 1. The van der Waals surface area contributed by atoms with Crippen LogP contribution in [0.2, 0.25) is 0 Å². The lowest BCUT2D eigenvalue weighted by Crippen LogP contribution is -2.36. The summed E-state index contributed by atoms with van der Waals surface area (Å²) in [4.78, 5) is 11.3. The number of aryl methyl sites for hydroxylation is 1. The van der Waals surface area contributed by atoms with Crippen molar-refractivity contribution in [3.05, 3.63) is 59.7 Å². The third-order valence-electron chi connectivity index (χ3n) is 3.77. The second-order valence-electron chi connectivity index (χ2n) is 5.70. The fourth-order valence-electron chi connectivity index (χ4n) is 2.30. The standard InChI is InChI=1S/C18H20BrNO4S/c1-12-4-10-16(11-5-12)25(22,23)20-18(17(19)13(2)21)14-6-8-15(24-3)9-7-14/h4-11,17-18,20H,1-3H3/t17-,18+/m1/s1. The summed E-state index contributed by atoms with van der Waals surface area (Å²) in [5.74, 6) is 0.477. The lowest BCUT2D eigenvalue weighted by Gasteiger charge is -2.23. The fraction of sp³-hybridized carbons (Fsp3) is 0.278. The van der Waals surface area contributed by atoms with E-state index in [4.69, 9.17) is 4.74 Å². The zero-order valence-electron chi connectivity index (χ0n) is 14.2. The molecule has 0 radical (unpaired) electrons. The van der Waals surface area contributed by atoms with E-state index in [2.05, 4.69) is 20.7 Å². The number of ether oxygens (including phenoxy) is 1. The van der Waals surface area contributed by atoms with Crippen LogP contribution in [-0.2, 0) is 14.8 Å². The molecule has 0 amide bonds. The number of alkyl halides is 1. The van der Waals surface area contributed by atoms with Crippen LogP contribution in [0.4, 0.5) is 0 Å². The molecule has 0 aliphatic heterocycles. The predicted octanol–water partition coefficient (Wildman–Crippen LogP) is 3.38. The first kappa shape index (κ1) is 19.6. The molecule has 0 heterocycles. The Morgan fingerprint density at radius 2 is 1.64 bits per heavy atom. The minimum absolute atomic E-state index is 0.153. The molecular weight excluding hydrogens is 406 g/mol. The van der Waals surface area contributed by atoms with Gasteiger partial charge in [-0.2, -0.15) is 0 Å². The smallest absolute Gasteiger partial charge is 0.241 e. The van der Waals surface area contributed by atoms with Gasteiger partial charge >= 0.3 is 0 Å². The molecule has 0 saturated heterocycles. The SMILES string of the molecule is COc1ccc([C@H](NS(=O)(=O)c2ccc(C)cc2)[C@H](Br)C(C)=O)cc1. The number of carbonyl (C=O) groups is 1. The maximum absolute atomic E-state index is 12.7. The molecule has 2 aromatic rings. The van der Waals surface area contributed by atoms with Crippen molar-refractivity contribution in [3.8, 4) is 5.75 Å². The van der Waals surface area contributed by atoms with E-state index in [1.165, 1.54) is 6.92 Å². The quantitative estimate of drug-likeness (QED) is 0.690. The van der Waals surface area contributed by atoms with Crippen molar-refractivity contribution in [1.29, 1.82) is 0 Å². The summed E-state index contributed by atoms with van der Waals surface area (Å²) in [5.41, 5.74) is 1.63. The van der Waals surface area contributed by atoms with E-state index in [1.54, 1.807) is 55.6 Å². The van der Waals surface area contributed by atoms with E-state index in [0.29, 0.717) is 11.3 Å². The summed E-state index contributed by atoms with van der Waals surface area (Å²) >= 11 is 3.31. The first-order valence-electron chi connectivity index (χ1n) is 7.62. The summed E-state index contributed by atoms with van der Waals surface area (Å²) in [7, 11) is -2.23. The summed E-state index contributed by atoms with van der Waals surface area (Å²) in [6, 6.07) is 12.7. The molecule has 5 nitrogen and oxygen atoms in total. The predicted molar refractivity (Wildman–Crippen MR) is 101 cm³/mol. The van der Waals surface area contributed by atoms with Gasteiger partial charge in [0.1, 0.15) is 11.5 Å². The van der Waals surface area contributed by atoms with E-state index in [1.807, 2.05) is 6.92 Å². The van der Waals surface area contributed by atoms with Gasteiger partial charge in [0.15, 0.2) is 0 Å². The van der Waals surface area contributed by atoms with Gasteiger partial charge in [0, 0.05) is 0 Å². The summed E-state index contributed by atoms with van der Waals surface area (Å²) in [6.07, 6.45) is 0. The number of sulfonamides is 1. The van der Waals surface area contributed by atoms with E-state index in [0.717, 1.165) is 5.56 Å². The summed E-state index contributed by atoms with van der Waals surface area (Å²) in [6.45, 7) is 3.30. The number of rotatable bonds is 7. The normalized spacial score (nSPS) is 13.9. The molecule has 0 aromatic heterocycles. The molecule has 134 valence electrons. The first-order chi connectivity index (χ1) is 11.7. The minimum Gasteiger partial charge on any atom is -0.497 e. The van der Waals surface area contributed by atoms with Crippen LogP contribution in [0.3, 0.4) is 0 Å². The van der Waals surface area contributed by atoms with Crippen LogP contribution < -0.4 is 9.46 Å². The largest absolute Gasteiger partial charge is 0.497 e. The van der Waals surface area contributed by atoms with Crippen molar-refractivity contribution in [1.82, 2.24) is 4.72 Å². The Bertz CT molecular complexity index is 832. The number of hydrogen-bond acceptors (Lipinski definition) is 4. The highest BCUT2D eigenvalue weighted by Crippen LogP contribution is 2.27. The highest BCUT2D eigenvalue weighted by molar-refractivity contribution is 9.10. The van der Waals surface area contributed by atoms with Crippen LogP contribution in [0, 0.1) is 6.92 Å². The number of carbonyl (C=O) groups excluding carboxylic acids is 1. The number of ketones is 1. The molecule has 2 rings (SSSR count). The van der Waals surface area contributed by atoms with E-state index in [9.17, 15) is 13.2 Å². The molecule has 25 heavy (non-hydrogen) atoms. The Balaban J connectivity index is 2.38. The highest BCUT2D eigenvalue weighted by Gasteiger charge is 2.29. The zero-order chi connectivity index (χ0) is 18.6. The highest BCUT2D eigenvalue weighted by atomic mass is 79.9. The van der Waals surface area contributed by atoms with Crippen LogP contribution in [-0.4, -0.2) is 26.1 Å². The Hall–Kier alpha value is -1.70. The monoisotopic (exact) mass is 425 g/mol. The van der Waals surface area contributed by atoms with Gasteiger partial charge in [0.2, 0.25) is 10.0 Å². The first-order valence-corrected chi connectivity index (χ1v) is 10.0. The number of Topliss-reactive ketones (excluding diaryl/α,β-unsaturated/α-hetero) is 1. The van der Waals surface area contributed by atoms with Gasteiger partial charge in [-0.25, -0.2) is 13.1 Å². The number of hydrogen-bond donors (Lipinski definition) is 1. The maximum atomic E-state index is 12.7. The average molecular weight is 426 g/mol. The molecule has 0 aliphatic rings. The molecule has 1 N–H and O–H groups in total. The van der Waals surface area contributed by atoms with Crippen molar-refractivity contribution < 1.29 is 17.9 Å². The van der Waals surface area contributed by atoms with Crippen LogP contribution in [0.1, 0.15) is 24.1 Å². The van der Waals surface area contributed by atoms with Crippen molar-refractivity contribution in [2.45, 2.75) is 29.6 Å². The molecule has 2 aromatic carbocycles. The molecule has 0 spiro atoms. The molecule has 0 unspecified atom stereocenters. The molecule has 0 saturated carbocycles. The lowest BCUT2D eigenvalue weighted by molar-refractivity contribution is -0.116. The van der Waals surface area contributed by atoms with Gasteiger partial charge in [-0.3, -0.25) is 4.79 Å². The van der Waals surface area contributed by atoms with E-state index in [-0.39, 0.29) is 10.7 Å². The van der Waals surface area contributed by atoms with Crippen LogP contribution in [0.5, 0.6) is 5.75 Å². The second kappa shape index (κ2) is 8.12. The summed E-state index contributed by atoms with van der Waals surface area (Å²) < 4.78 is 33.2. The molecule has 0 bridgehead atoms. The third-order valence-corrected chi connectivity index (χ3v) is 6.40. The van der Waals surface area contributed by atoms with E-state index >= 15 is 0 Å². The fourth-order valence-corrected chi connectivity index (χ4v) is 4.14. The van der Waals surface area contributed by atoms with Gasteiger partial charge in [0.05, 0.1) is 22.9 Å². The van der Waals surface area contributed by atoms with E-state index < -0.39 is 20.9 Å². The van der Waals surface area contributed by atoms with Crippen molar-refractivity contribution in [2.24, 2.45) is 0 Å². The Kier molecular flexibility index (Phi) is 6.37. The van der Waals surface area contributed by atoms with Crippen molar-refractivity contribution in [2.75, 3.05) is 7.11 Å². The maximum Gasteiger partial charge on any atom is 0.241 e. The van der Waals surface area contributed by atoms with Crippen LogP contribution in [0.25, 0.3) is 0 Å². The molecule has 0 fully saturated rings. The number of nitrogens with one attached hydrogen (secondary N) is 1. The van der Waals surface area contributed by atoms with Crippen molar-refractivity contribution in [3.63, 3.8) is 0 Å². The van der Waals surface area contributed by atoms with Gasteiger partial charge in [-0.1, -0.05) is 45.8 Å². The Morgan fingerprint density at radius 3 is 2.12 bits per heavy atom. The van der Waals surface area contributed by atoms with Gasteiger partial charge < -0.3 is 4.74 Å².